The van der Waals surface area contributed by atoms with Crippen LogP contribution in [0.25, 0.3) is 0 Å². The van der Waals surface area contributed by atoms with E-state index in [0.29, 0.717) is 10.2 Å². The van der Waals surface area contributed by atoms with Gasteiger partial charge in [-0.2, -0.15) is 0 Å². The molecule has 1 saturated heterocycles. The molecule has 0 atom stereocenters. The summed E-state index contributed by atoms with van der Waals surface area (Å²) in [6.45, 7) is 5.55. The Kier molecular flexibility index (Phi) is 5.49. The van der Waals surface area contributed by atoms with Gasteiger partial charge >= 0.3 is 0 Å². The average molecular weight is 354 g/mol. The van der Waals surface area contributed by atoms with E-state index in [0.717, 1.165) is 44.8 Å². The third-order valence-electron chi connectivity index (χ3n) is 4.07. The minimum atomic E-state index is -0.292. The summed E-state index contributed by atoms with van der Waals surface area (Å²) >= 11 is 11.9. The van der Waals surface area contributed by atoms with Crippen molar-refractivity contribution in [2.75, 3.05) is 26.2 Å². The summed E-state index contributed by atoms with van der Waals surface area (Å²) in [5.74, 6) is -0.292. The van der Waals surface area contributed by atoms with Gasteiger partial charge in [-0.1, -0.05) is 35.3 Å². The van der Waals surface area contributed by atoms with Gasteiger partial charge < -0.3 is 0 Å². The van der Waals surface area contributed by atoms with E-state index in [1.54, 1.807) is 6.07 Å². The van der Waals surface area contributed by atoms with Gasteiger partial charge in [0.25, 0.3) is 0 Å². The lowest BCUT2D eigenvalue weighted by Crippen LogP contribution is -2.45. The molecular formula is C17H18Cl2FN3. The Bertz CT molecular complexity index is 655. The molecule has 0 N–H and O–H groups in total. The van der Waals surface area contributed by atoms with Gasteiger partial charge in [0.1, 0.15) is 11.0 Å². The smallest absolute Gasteiger partial charge is 0.129 e. The second-order valence-electron chi connectivity index (χ2n) is 5.78. The first-order valence-electron chi connectivity index (χ1n) is 7.59. The Morgan fingerprint density at radius 3 is 2.26 bits per heavy atom. The van der Waals surface area contributed by atoms with E-state index in [1.807, 2.05) is 18.3 Å². The first-order valence-corrected chi connectivity index (χ1v) is 8.35. The highest BCUT2D eigenvalue weighted by molar-refractivity contribution is 6.31. The molecule has 2 heterocycles. The molecule has 0 radical (unpaired) electrons. The van der Waals surface area contributed by atoms with Gasteiger partial charge in [0.05, 0.1) is 0 Å². The number of rotatable bonds is 4. The Morgan fingerprint density at radius 1 is 0.957 bits per heavy atom. The lowest BCUT2D eigenvalue weighted by Gasteiger charge is -2.34. The Hall–Kier alpha value is -1.20. The molecule has 0 saturated carbocycles. The molecule has 0 amide bonds. The number of hydrogen-bond donors (Lipinski definition) is 0. The van der Waals surface area contributed by atoms with Gasteiger partial charge in [-0.05, 0) is 29.3 Å². The largest absolute Gasteiger partial charge is 0.296 e. The molecule has 1 fully saturated rings. The number of benzene rings is 1. The summed E-state index contributed by atoms with van der Waals surface area (Å²) in [5, 5.41) is 1.02. The molecule has 1 aliphatic rings. The van der Waals surface area contributed by atoms with E-state index in [9.17, 15) is 4.39 Å². The van der Waals surface area contributed by atoms with Gasteiger partial charge in [0.15, 0.2) is 0 Å². The maximum absolute atomic E-state index is 13.1. The zero-order valence-electron chi connectivity index (χ0n) is 12.7. The number of piperazine rings is 1. The maximum Gasteiger partial charge on any atom is 0.129 e. The summed E-state index contributed by atoms with van der Waals surface area (Å²) in [6.07, 6.45) is 1.83. The molecule has 6 heteroatoms. The number of pyridine rings is 1. The fourth-order valence-corrected chi connectivity index (χ4v) is 3.09. The first-order chi connectivity index (χ1) is 11.1. The van der Waals surface area contributed by atoms with E-state index < -0.39 is 0 Å². The van der Waals surface area contributed by atoms with Gasteiger partial charge in [-0.15, -0.1) is 0 Å². The molecule has 0 bridgehead atoms. The summed E-state index contributed by atoms with van der Waals surface area (Å²) in [5.41, 5.74) is 2.15. The van der Waals surface area contributed by atoms with Crippen LogP contribution in [0.15, 0.2) is 36.5 Å². The fraction of sp³-hybridized carbons (Fsp3) is 0.353. The summed E-state index contributed by atoms with van der Waals surface area (Å²) < 4.78 is 13.1. The number of hydrogen-bond acceptors (Lipinski definition) is 3. The van der Waals surface area contributed by atoms with Crippen LogP contribution in [-0.2, 0) is 13.1 Å². The minimum absolute atomic E-state index is 0.292. The second-order valence-corrected chi connectivity index (χ2v) is 6.57. The van der Waals surface area contributed by atoms with Crippen molar-refractivity contribution in [2.24, 2.45) is 0 Å². The Labute approximate surface area is 145 Å². The molecule has 0 aliphatic carbocycles. The van der Waals surface area contributed by atoms with E-state index in [-0.39, 0.29) is 5.82 Å². The molecule has 1 aromatic heterocycles. The molecular weight excluding hydrogens is 336 g/mol. The molecule has 1 aromatic carbocycles. The SMILES string of the molecule is Fc1ccc(CN2CCN(Cc3ccc(Cl)nc3)CC2)c(Cl)c1. The van der Waals surface area contributed by atoms with Crippen molar-refractivity contribution in [1.29, 1.82) is 0 Å². The minimum Gasteiger partial charge on any atom is -0.296 e. The number of halogens is 3. The van der Waals surface area contributed by atoms with Crippen molar-refractivity contribution in [2.45, 2.75) is 13.1 Å². The second kappa shape index (κ2) is 7.58. The third kappa shape index (κ3) is 4.64. The van der Waals surface area contributed by atoms with Crippen LogP contribution in [0.4, 0.5) is 4.39 Å². The Morgan fingerprint density at radius 2 is 1.65 bits per heavy atom. The van der Waals surface area contributed by atoms with Gasteiger partial charge in [-0.25, -0.2) is 9.37 Å². The summed E-state index contributed by atoms with van der Waals surface area (Å²) in [6, 6.07) is 8.44. The summed E-state index contributed by atoms with van der Waals surface area (Å²) in [4.78, 5) is 8.85. The topological polar surface area (TPSA) is 19.4 Å². The van der Waals surface area contributed by atoms with Crippen molar-refractivity contribution in [1.82, 2.24) is 14.8 Å². The van der Waals surface area contributed by atoms with Crippen molar-refractivity contribution >= 4 is 23.2 Å². The highest BCUT2D eigenvalue weighted by Gasteiger charge is 2.18. The van der Waals surface area contributed by atoms with Crippen LogP contribution in [0.3, 0.4) is 0 Å². The zero-order chi connectivity index (χ0) is 16.2. The zero-order valence-corrected chi connectivity index (χ0v) is 14.2. The van der Waals surface area contributed by atoms with Crippen LogP contribution in [0.1, 0.15) is 11.1 Å². The van der Waals surface area contributed by atoms with Crippen molar-refractivity contribution in [3.8, 4) is 0 Å². The van der Waals surface area contributed by atoms with Crippen LogP contribution >= 0.6 is 23.2 Å². The van der Waals surface area contributed by atoms with Crippen molar-refractivity contribution in [3.05, 3.63) is 63.6 Å². The third-order valence-corrected chi connectivity index (χ3v) is 4.64. The molecule has 3 rings (SSSR count). The van der Waals surface area contributed by atoms with Crippen molar-refractivity contribution in [3.63, 3.8) is 0 Å². The molecule has 1 aliphatic heterocycles. The highest BCUT2D eigenvalue weighted by Crippen LogP contribution is 2.20. The van der Waals surface area contributed by atoms with E-state index in [1.165, 1.54) is 17.7 Å². The molecule has 122 valence electrons. The number of nitrogens with zero attached hydrogens (tertiary/aromatic N) is 3. The average Bonchev–Trinajstić information content (AvgIpc) is 2.54. The lowest BCUT2D eigenvalue weighted by atomic mass is 10.2. The quantitative estimate of drug-likeness (QED) is 0.778. The first kappa shape index (κ1) is 16.7. The number of aromatic nitrogens is 1. The maximum atomic E-state index is 13.1. The monoisotopic (exact) mass is 353 g/mol. The van der Waals surface area contributed by atoms with Crippen LogP contribution in [0, 0.1) is 5.82 Å². The van der Waals surface area contributed by atoms with Gasteiger partial charge in [0.2, 0.25) is 0 Å². The Balaban J connectivity index is 1.51. The predicted octanol–water partition coefficient (Wildman–Crippen LogP) is 3.85. The normalized spacial score (nSPS) is 16.7. The van der Waals surface area contributed by atoms with E-state index in [2.05, 4.69) is 14.8 Å². The van der Waals surface area contributed by atoms with Crippen LogP contribution in [-0.4, -0.2) is 41.0 Å². The van der Waals surface area contributed by atoms with Crippen molar-refractivity contribution < 1.29 is 4.39 Å². The van der Waals surface area contributed by atoms with Crippen LogP contribution in [0.2, 0.25) is 10.2 Å². The van der Waals surface area contributed by atoms with Crippen LogP contribution in [0.5, 0.6) is 0 Å². The predicted molar refractivity (Wildman–Crippen MR) is 91.2 cm³/mol. The standard InChI is InChI=1S/C17H18Cl2FN3/c18-16-9-15(20)3-2-14(16)12-23-7-5-22(6-8-23)11-13-1-4-17(19)21-10-13/h1-4,9-10H,5-8,11-12H2. The van der Waals surface area contributed by atoms with Gasteiger partial charge in [0, 0.05) is 50.5 Å². The molecule has 23 heavy (non-hydrogen) atoms. The highest BCUT2D eigenvalue weighted by atomic mass is 35.5. The summed E-state index contributed by atoms with van der Waals surface area (Å²) in [7, 11) is 0. The van der Waals surface area contributed by atoms with Gasteiger partial charge in [-0.3, -0.25) is 9.80 Å². The molecule has 0 unspecified atom stereocenters. The fourth-order valence-electron chi connectivity index (χ4n) is 2.75. The van der Waals surface area contributed by atoms with Crippen LogP contribution < -0.4 is 0 Å². The lowest BCUT2D eigenvalue weighted by molar-refractivity contribution is 0.122. The van der Waals surface area contributed by atoms with E-state index in [4.69, 9.17) is 23.2 Å². The molecule has 2 aromatic rings. The van der Waals surface area contributed by atoms with E-state index >= 15 is 0 Å². The molecule has 0 spiro atoms. The molecule has 3 nitrogen and oxygen atoms in total.